The molecule has 124 valence electrons. The Labute approximate surface area is 142 Å². The molecular formula is C14H8ClF3N4OS. The molecule has 0 saturated carbocycles. The molecular weight excluding hydrogens is 365 g/mol. The maximum Gasteiger partial charge on any atom is 0.416 e. The molecule has 0 amide bonds. The first kappa shape index (κ1) is 16.6. The van der Waals surface area contributed by atoms with E-state index in [0.29, 0.717) is 9.21 Å². The summed E-state index contributed by atoms with van der Waals surface area (Å²) < 4.78 is 38.7. The van der Waals surface area contributed by atoms with E-state index >= 15 is 0 Å². The number of hydrogen-bond acceptors (Lipinski definition) is 5. The molecule has 0 aliphatic rings. The van der Waals surface area contributed by atoms with Gasteiger partial charge in [-0.15, -0.1) is 21.5 Å². The number of aromatic nitrogens is 4. The quantitative estimate of drug-likeness (QED) is 0.650. The van der Waals surface area contributed by atoms with Crippen molar-refractivity contribution >= 4 is 28.7 Å². The number of alkyl halides is 3. The van der Waals surface area contributed by atoms with Crippen molar-refractivity contribution in [3.8, 4) is 11.4 Å². The second-order valence-electron chi connectivity index (χ2n) is 4.75. The molecule has 0 saturated heterocycles. The summed E-state index contributed by atoms with van der Waals surface area (Å²) in [5.41, 5.74) is -0.636. The summed E-state index contributed by atoms with van der Waals surface area (Å²) in [5, 5.41) is 11.4. The van der Waals surface area contributed by atoms with Crippen molar-refractivity contribution in [2.45, 2.75) is 12.7 Å². The van der Waals surface area contributed by atoms with E-state index in [1.54, 1.807) is 12.1 Å². The molecule has 2 heterocycles. The van der Waals surface area contributed by atoms with Crippen molar-refractivity contribution in [3.63, 3.8) is 0 Å². The first-order valence-corrected chi connectivity index (χ1v) is 7.76. The van der Waals surface area contributed by atoms with Crippen molar-refractivity contribution in [1.29, 1.82) is 0 Å². The summed E-state index contributed by atoms with van der Waals surface area (Å²) in [7, 11) is 0. The molecule has 0 spiro atoms. The third-order valence-corrected chi connectivity index (χ3v) is 4.31. The molecule has 5 nitrogen and oxygen atoms in total. The molecule has 0 aliphatic heterocycles. The second-order valence-corrected chi connectivity index (χ2v) is 6.46. The lowest BCUT2D eigenvalue weighted by Gasteiger charge is -2.06. The van der Waals surface area contributed by atoms with Crippen molar-refractivity contribution < 1.29 is 18.0 Å². The Kier molecular flexibility index (Phi) is 4.37. The number of halogens is 4. The van der Waals surface area contributed by atoms with Crippen molar-refractivity contribution in [3.05, 3.63) is 51.2 Å². The van der Waals surface area contributed by atoms with Gasteiger partial charge in [-0.25, -0.2) is 0 Å². The van der Waals surface area contributed by atoms with Crippen molar-refractivity contribution in [2.24, 2.45) is 0 Å². The van der Waals surface area contributed by atoms with E-state index in [1.165, 1.54) is 12.1 Å². The topological polar surface area (TPSA) is 60.7 Å². The molecule has 0 N–H and O–H groups in total. The highest BCUT2D eigenvalue weighted by Gasteiger charge is 2.30. The fourth-order valence-corrected chi connectivity index (χ4v) is 2.90. The molecule has 2 aromatic heterocycles. The minimum atomic E-state index is -4.46. The van der Waals surface area contributed by atoms with Crippen LogP contribution >= 0.6 is 22.9 Å². The number of nitrogens with zero attached hydrogens (tertiary/aromatic N) is 4. The molecule has 24 heavy (non-hydrogen) atoms. The highest BCUT2D eigenvalue weighted by Crippen LogP contribution is 2.31. The molecule has 3 aromatic rings. The van der Waals surface area contributed by atoms with Crippen molar-refractivity contribution in [2.75, 3.05) is 0 Å². The molecule has 0 fully saturated rings. The predicted octanol–water partition coefficient (Wildman–Crippen LogP) is 3.96. The van der Waals surface area contributed by atoms with Gasteiger partial charge in [0, 0.05) is 5.56 Å². The van der Waals surface area contributed by atoms with Crippen LogP contribution in [0.1, 0.15) is 15.2 Å². The Bertz CT molecular complexity index is 890. The Balaban J connectivity index is 1.80. The number of carbonyl (C=O) groups is 1. The lowest BCUT2D eigenvalue weighted by atomic mass is 10.1. The third kappa shape index (κ3) is 3.62. The van der Waals surface area contributed by atoms with Gasteiger partial charge in [-0.05, 0) is 29.5 Å². The van der Waals surface area contributed by atoms with Crippen LogP contribution < -0.4 is 0 Å². The molecule has 0 unspecified atom stereocenters. The van der Waals surface area contributed by atoms with Crippen LogP contribution in [0, 0.1) is 0 Å². The first-order chi connectivity index (χ1) is 11.3. The third-order valence-electron chi connectivity index (χ3n) is 3.03. The van der Waals surface area contributed by atoms with E-state index in [9.17, 15) is 18.0 Å². The summed E-state index contributed by atoms with van der Waals surface area (Å²) in [6.45, 7) is -0.178. The molecule has 1 aromatic carbocycles. The van der Waals surface area contributed by atoms with E-state index in [2.05, 4.69) is 15.4 Å². The zero-order valence-electron chi connectivity index (χ0n) is 11.8. The molecule has 0 atom stereocenters. The second kappa shape index (κ2) is 6.33. The number of carbonyl (C=O) groups excluding carboxylic acids is 1. The summed E-state index contributed by atoms with van der Waals surface area (Å²) in [5.74, 6) is -0.252. The van der Waals surface area contributed by atoms with Crippen LogP contribution in [-0.4, -0.2) is 26.0 Å². The van der Waals surface area contributed by atoms with Crippen LogP contribution in [0.15, 0.2) is 36.4 Å². The minimum Gasteiger partial charge on any atom is -0.291 e. The monoisotopic (exact) mass is 372 g/mol. The van der Waals surface area contributed by atoms with Gasteiger partial charge in [0.05, 0.1) is 14.8 Å². The standard InChI is InChI=1S/C14H8ClF3N4OS/c15-12-5-4-11(24-12)10(23)7-22-20-13(19-21-22)8-2-1-3-9(6-8)14(16,17)18/h1-6H,7H2. The average molecular weight is 373 g/mol. The van der Waals surface area contributed by atoms with Crippen LogP contribution in [0.4, 0.5) is 13.2 Å². The normalized spacial score (nSPS) is 11.7. The summed E-state index contributed by atoms with van der Waals surface area (Å²) in [4.78, 5) is 13.5. The molecule has 0 radical (unpaired) electrons. The van der Waals surface area contributed by atoms with Crippen LogP contribution in [0.25, 0.3) is 11.4 Å². The largest absolute Gasteiger partial charge is 0.416 e. The Morgan fingerprint density at radius 2 is 2.04 bits per heavy atom. The SMILES string of the molecule is O=C(Cn1nnc(-c2cccc(C(F)(F)F)c2)n1)c1ccc(Cl)s1. The van der Waals surface area contributed by atoms with Crippen molar-refractivity contribution in [1.82, 2.24) is 20.2 Å². The summed E-state index contributed by atoms with van der Waals surface area (Å²) in [6, 6.07) is 7.78. The van der Waals surface area contributed by atoms with E-state index in [4.69, 9.17) is 11.6 Å². The predicted molar refractivity (Wildman–Crippen MR) is 81.9 cm³/mol. The summed E-state index contributed by atoms with van der Waals surface area (Å²) >= 11 is 6.89. The minimum absolute atomic E-state index is 0.0121. The zero-order chi connectivity index (χ0) is 17.3. The van der Waals surface area contributed by atoms with Crippen LogP contribution in [0.2, 0.25) is 4.34 Å². The molecule has 3 rings (SSSR count). The first-order valence-electron chi connectivity index (χ1n) is 6.57. The van der Waals surface area contributed by atoms with E-state index < -0.39 is 11.7 Å². The van der Waals surface area contributed by atoms with Crippen LogP contribution in [0.3, 0.4) is 0 Å². The van der Waals surface area contributed by atoms with Gasteiger partial charge < -0.3 is 0 Å². The van der Waals surface area contributed by atoms with E-state index in [0.717, 1.165) is 28.3 Å². The highest BCUT2D eigenvalue weighted by molar-refractivity contribution is 7.18. The Morgan fingerprint density at radius 1 is 1.25 bits per heavy atom. The van der Waals surface area contributed by atoms with Gasteiger partial charge in [0.1, 0.15) is 6.54 Å². The van der Waals surface area contributed by atoms with Gasteiger partial charge in [-0.3, -0.25) is 4.79 Å². The fourth-order valence-electron chi connectivity index (χ4n) is 1.93. The number of Topliss-reactive ketones (excluding diaryl/α,β-unsaturated/α-hetero) is 1. The lowest BCUT2D eigenvalue weighted by Crippen LogP contribution is -2.12. The smallest absolute Gasteiger partial charge is 0.291 e. The van der Waals surface area contributed by atoms with Crippen LogP contribution in [0.5, 0.6) is 0 Å². The van der Waals surface area contributed by atoms with Crippen LogP contribution in [-0.2, 0) is 12.7 Å². The number of ketones is 1. The zero-order valence-corrected chi connectivity index (χ0v) is 13.4. The summed E-state index contributed by atoms with van der Waals surface area (Å²) in [6.07, 6.45) is -4.46. The fraction of sp³-hybridized carbons (Fsp3) is 0.143. The Morgan fingerprint density at radius 3 is 2.71 bits per heavy atom. The molecule has 10 heteroatoms. The number of benzene rings is 1. The number of tetrazole rings is 1. The highest BCUT2D eigenvalue weighted by atomic mass is 35.5. The number of thiophene rings is 1. The number of hydrogen-bond donors (Lipinski definition) is 0. The molecule has 0 aliphatic carbocycles. The van der Waals surface area contributed by atoms with Gasteiger partial charge in [0.15, 0.2) is 5.78 Å². The van der Waals surface area contributed by atoms with E-state index in [1.807, 2.05) is 0 Å². The molecule has 0 bridgehead atoms. The van der Waals surface area contributed by atoms with Gasteiger partial charge in [-0.2, -0.15) is 18.0 Å². The Hall–Kier alpha value is -2.26. The maximum absolute atomic E-state index is 12.7. The van der Waals surface area contributed by atoms with Gasteiger partial charge >= 0.3 is 6.18 Å². The van der Waals surface area contributed by atoms with Gasteiger partial charge in [0.25, 0.3) is 0 Å². The van der Waals surface area contributed by atoms with Gasteiger partial charge in [0.2, 0.25) is 5.82 Å². The van der Waals surface area contributed by atoms with E-state index in [-0.39, 0.29) is 23.7 Å². The van der Waals surface area contributed by atoms with Gasteiger partial charge in [-0.1, -0.05) is 23.7 Å². The number of rotatable bonds is 4. The maximum atomic E-state index is 12.7. The average Bonchev–Trinajstić information content (AvgIpc) is 3.16. The lowest BCUT2D eigenvalue weighted by molar-refractivity contribution is -0.137.